The van der Waals surface area contributed by atoms with Crippen molar-refractivity contribution >= 4 is 30.5 Å². The molecule has 0 spiro atoms. The van der Waals surface area contributed by atoms with Crippen molar-refractivity contribution in [3.05, 3.63) is 101 Å². The van der Waals surface area contributed by atoms with Crippen molar-refractivity contribution in [2.75, 3.05) is 0 Å². The molecule has 1 saturated heterocycles. The molecule has 0 aromatic heterocycles. The van der Waals surface area contributed by atoms with Crippen LogP contribution in [0.4, 0.5) is 4.79 Å². The van der Waals surface area contributed by atoms with Crippen molar-refractivity contribution < 1.29 is 28.4 Å². The van der Waals surface area contributed by atoms with Crippen molar-refractivity contribution in [2.45, 2.75) is 77.0 Å². The first-order valence-corrected chi connectivity index (χ1v) is 14.5. The summed E-state index contributed by atoms with van der Waals surface area (Å²) in [6.07, 6.45) is -0.129. The van der Waals surface area contributed by atoms with E-state index in [9.17, 15) is 14.4 Å². The van der Waals surface area contributed by atoms with Gasteiger partial charge in [-0.1, -0.05) is 78.9 Å². The van der Waals surface area contributed by atoms with Crippen molar-refractivity contribution in [1.29, 1.82) is 0 Å². The molecule has 2 heterocycles. The summed E-state index contributed by atoms with van der Waals surface area (Å²) in [7, 11) is -0.507. The summed E-state index contributed by atoms with van der Waals surface area (Å²) in [4.78, 5) is 40.8. The molecule has 0 radical (unpaired) electrons. The van der Waals surface area contributed by atoms with Gasteiger partial charge in [0.1, 0.15) is 18.7 Å². The van der Waals surface area contributed by atoms with Crippen molar-refractivity contribution in [3.8, 4) is 0 Å². The first kappa shape index (κ1) is 30.3. The summed E-state index contributed by atoms with van der Waals surface area (Å²) < 4.78 is 17.8. The van der Waals surface area contributed by atoms with E-state index < -0.39 is 48.3 Å². The van der Waals surface area contributed by atoms with Gasteiger partial charge in [0.15, 0.2) is 0 Å². The van der Waals surface area contributed by atoms with E-state index in [1.165, 1.54) is 4.90 Å². The fourth-order valence-corrected chi connectivity index (χ4v) is 5.27. The molecule has 1 fully saturated rings. The molecule has 2 atom stereocenters. The molecule has 3 aromatic carbocycles. The number of amides is 3. The van der Waals surface area contributed by atoms with Crippen LogP contribution in [0.15, 0.2) is 78.9 Å². The Morgan fingerprint density at radius 1 is 0.907 bits per heavy atom. The fourth-order valence-electron chi connectivity index (χ4n) is 5.27. The largest absolute Gasteiger partial charge is 0.494 e. The monoisotopic (exact) mass is 583 g/mol. The second-order valence-electron chi connectivity index (χ2n) is 12.2. The maximum Gasteiger partial charge on any atom is 0.494 e. The Kier molecular flexibility index (Phi) is 8.62. The first-order chi connectivity index (χ1) is 20.4. The van der Waals surface area contributed by atoms with E-state index >= 15 is 0 Å². The van der Waals surface area contributed by atoms with Gasteiger partial charge in [-0.15, -0.1) is 0 Å². The van der Waals surface area contributed by atoms with Crippen LogP contribution in [0.1, 0.15) is 49.9 Å². The predicted molar refractivity (Wildman–Crippen MR) is 163 cm³/mol. The van der Waals surface area contributed by atoms with E-state index in [1.807, 2.05) is 107 Å². The zero-order valence-corrected chi connectivity index (χ0v) is 25.0. The van der Waals surface area contributed by atoms with Crippen molar-refractivity contribution in [1.82, 2.24) is 10.2 Å². The molecule has 3 N–H and O–H groups in total. The first-order valence-electron chi connectivity index (χ1n) is 14.5. The molecule has 0 bridgehead atoms. The molecular weight excluding hydrogens is 545 g/mol. The second kappa shape index (κ2) is 12.2. The molecule has 3 aromatic rings. The van der Waals surface area contributed by atoms with Crippen LogP contribution in [-0.2, 0) is 49.6 Å². The third-order valence-corrected chi connectivity index (χ3v) is 8.60. The molecule has 9 nitrogen and oxygen atoms in total. The van der Waals surface area contributed by atoms with Gasteiger partial charge in [0.05, 0.1) is 17.7 Å². The highest BCUT2D eigenvalue weighted by Crippen LogP contribution is 2.36. The van der Waals surface area contributed by atoms with Gasteiger partial charge in [-0.25, -0.2) is 4.79 Å². The number of carbonyl (C=O) groups is 3. The number of benzene rings is 3. The van der Waals surface area contributed by atoms with Gasteiger partial charge in [0.25, 0.3) is 0 Å². The van der Waals surface area contributed by atoms with Gasteiger partial charge in [-0.2, -0.15) is 0 Å². The van der Waals surface area contributed by atoms with Gasteiger partial charge >= 0.3 is 13.2 Å². The highest BCUT2D eigenvalue weighted by molar-refractivity contribution is 6.62. The lowest BCUT2D eigenvalue weighted by Crippen LogP contribution is -2.56. The van der Waals surface area contributed by atoms with E-state index in [4.69, 9.17) is 19.8 Å². The van der Waals surface area contributed by atoms with Crippen molar-refractivity contribution in [3.63, 3.8) is 0 Å². The molecule has 0 unspecified atom stereocenters. The topological polar surface area (TPSA) is 120 Å². The minimum Gasteiger partial charge on any atom is -0.445 e. The number of nitrogens with zero attached hydrogens (tertiary/aromatic N) is 1. The predicted octanol–water partition coefficient (Wildman–Crippen LogP) is 3.26. The highest BCUT2D eigenvalue weighted by Gasteiger charge is 2.51. The fraction of sp³-hybridized carbons (Fsp3) is 0.364. The molecule has 43 heavy (non-hydrogen) atoms. The van der Waals surface area contributed by atoms with E-state index in [2.05, 4.69) is 5.32 Å². The van der Waals surface area contributed by atoms with E-state index in [1.54, 1.807) is 0 Å². The number of nitrogens with two attached hydrogens (primary N) is 1. The maximum absolute atomic E-state index is 13.7. The zero-order valence-electron chi connectivity index (χ0n) is 25.0. The smallest absolute Gasteiger partial charge is 0.445 e. The zero-order chi connectivity index (χ0) is 30.8. The van der Waals surface area contributed by atoms with Crippen LogP contribution < -0.4 is 16.5 Å². The van der Waals surface area contributed by atoms with Crippen LogP contribution in [0.3, 0.4) is 0 Å². The number of ether oxygens (including phenoxy) is 1. The molecule has 5 rings (SSSR count). The highest BCUT2D eigenvalue weighted by atomic mass is 16.7. The Hall–Kier alpha value is -4.15. The number of hydrogen-bond donors (Lipinski definition) is 2. The summed E-state index contributed by atoms with van der Waals surface area (Å²) >= 11 is 0. The molecule has 0 aliphatic carbocycles. The third kappa shape index (κ3) is 6.76. The summed E-state index contributed by atoms with van der Waals surface area (Å²) in [5, 5.41) is 2.80. The Labute approximate surface area is 252 Å². The van der Waals surface area contributed by atoms with E-state index in [0.29, 0.717) is 0 Å². The van der Waals surface area contributed by atoms with E-state index in [0.717, 1.165) is 27.7 Å². The minimum absolute atomic E-state index is 0.0813. The van der Waals surface area contributed by atoms with Crippen LogP contribution in [0, 0.1) is 0 Å². The SMILES string of the molecule is CC1(C)OB(c2ccc(C[C@@H](NC(=O)[C@@H]3Cc4ccccc4CN3C(=O)OCc3ccccc3)C(N)=O)cc2)OC1(C)C. The Bertz CT molecular complexity index is 1460. The second-order valence-corrected chi connectivity index (χ2v) is 12.2. The normalized spacial score (nSPS) is 19.3. The molecule has 3 amide bonds. The molecule has 224 valence electrons. The van der Waals surface area contributed by atoms with Crippen LogP contribution >= 0.6 is 0 Å². The van der Waals surface area contributed by atoms with Gasteiger partial charge < -0.3 is 25.1 Å². The van der Waals surface area contributed by atoms with Crippen LogP contribution in [0.5, 0.6) is 0 Å². The molecule has 10 heteroatoms. The number of hydrogen-bond acceptors (Lipinski definition) is 6. The molecular formula is C33H38BN3O6. The van der Waals surface area contributed by atoms with Gasteiger partial charge in [-0.05, 0) is 55.4 Å². The molecule has 2 aliphatic rings. The van der Waals surface area contributed by atoms with Crippen molar-refractivity contribution in [2.24, 2.45) is 5.73 Å². The van der Waals surface area contributed by atoms with Crippen LogP contribution in [-0.4, -0.2) is 53.2 Å². The van der Waals surface area contributed by atoms with Gasteiger partial charge in [0.2, 0.25) is 11.8 Å². The molecule has 0 saturated carbocycles. The average Bonchev–Trinajstić information content (AvgIpc) is 3.21. The van der Waals surface area contributed by atoms with E-state index in [-0.39, 0.29) is 26.0 Å². The summed E-state index contributed by atoms with van der Waals surface area (Å²) in [6, 6.07) is 22.7. The average molecular weight is 583 g/mol. The number of fused-ring (bicyclic) bond motifs is 1. The lowest BCUT2D eigenvalue weighted by atomic mass is 9.78. The lowest BCUT2D eigenvalue weighted by Gasteiger charge is -2.35. The summed E-state index contributed by atoms with van der Waals surface area (Å²) in [6.45, 7) is 8.28. The van der Waals surface area contributed by atoms with Gasteiger partial charge in [-0.3, -0.25) is 14.5 Å². The third-order valence-electron chi connectivity index (χ3n) is 8.60. The molecule has 2 aliphatic heterocycles. The Morgan fingerprint density at radius 2 is 1.51 bits per heavy atom. The van der Waals surface area contributed by atoms with Crippen LogP contribution in [0.25, 0.3) is 0 Å². The number of primary amides is 1. The Balaban J connectivity index is 1.28. The standard InChI is InChI=1S/C33H38BN3O6/c1-32(2)33(3,4)43-34(42-32)26-16-14-22(15-17-26)18-27(29(35)38)36-30(39)28-19-24-12-8-9-13-25(24)20-37(28)31(40)41-21-23-10-6-5-7-11-23/h5-17,27-28H,18-21H2,1-4H3,(H2,35,38)(H,36,39)/t27-,28+/m1/s1. The quantitative estimate of drug-likeness (QED) is 0.393. The van der Waals surface area contributed by atoms with Crippen LogP contribution in [0.2, 0.25) is 0 Å². The lowest BCUT2D eigenvalue weighted by molar-refractivity contribution is -0.131. The number of carbonyl (C=O) groups excluding carboxylic acids is 3. The summed E-state index contributed by atoms with van der Waals surface area (Å²) in [5.41, 5.74) is 9.22. The number of rotatable bonds is 8. The van der Waals surface area contributed by atoms with Gasteiger partial charge in [0, 0.05) is 12.8 Å². The number of nitrogens with one attached hydrogen (secondary N) is 1. The summed E-state index contributed by atoms with van der Waals surface area (Å²) in [5.74, 6) is -1.14. The minimum atomic E-state index is -0.977. The Morgan fingerprint density at radius 3 is 2.14 bits per heavy atom. The maximum atomic E-state index is 13.7.